The van der Waals surface area contributed by atoms with Crippen LogP contribution in [0.15, 0.2) is 23.0 Å². The van der Waals surface area contributed by atoms with Gasteiger partial charge in [0.2, 0.25) is 0 Å². The van der Waals surface area contributed by atoms with Crippen molar-refractivity contribution in [3.63, 3.8) is 0 Å². The third-order valence-electron chi connectivity index (χ3n) is 6.44. The summed E-state index contributed by atoms with van der Waals surface area (Å²) >= 11 is 0. The molecule has 4 aliphatic heterocycles. The fourth-order valence-electron chi connectivity index (χ4n) is 4.88. The second-order valence-corrected chi connectivity index (χ2v) is 8.88. The highest BCUT2D eigenvalue weighted by Crippen LogP contribution is 2.42. The molecule has 6 atom stereocenters. The van der Waals surface area contributed by atoms with Crippen molar-refractivity contribution in [3.8, 4) is 0 Å². The summed E-state index contributed by atoms with van der Waals surface area (Å²) in [5.41, 5.74) is 0.216. The van der Waals surface area contributed by atoms with Crippen LogP contribution < -0.4 is 0 Å². The molecule has 0 aromatic rings. The molecule has 0 radical (unpaired) electrons. The summed E-state index contributed by atoms with van der Waals surface area (Å²) < 4.78 is 11.8. The lowest BCUT2D eigenvalue weighted by atomic mass is 9.84. The SMILES string of the molecule is CCC[C@H]1C(O)=C2CC[C@@]3(C)C[C@H](C)[C@@H](O3)[C@H](O)/C=C(\C)C(=O)C[C@H]1OC2=O. The zero-order valence-electron chi connectivity index (χ0n) is 17.2. The molecule has 4 aliphatic rings. The molecule has 0 spiro atoms. The molecule has 1 fully saturated rings. The Kier molecular flexibility index (Phi) is 6.01. The third kappa shape index (κ3) is 4.03. The maximum absolute atomic E-state index is 12.7. The highest BCUT2D eigenvalue weighted by molar-refractivity contribution is 5.96. The minimum Gasteiger partial charge on any atom is -0.511 e. The number of ether oxygens (including phenoxy) is 2. The second kappa shape index (κ2) is 7.99. The smallest absolute Gasteiger partial charge is 0.337 e. The van der Waals surface area contributed by atoms with Gasteiger partial charge in [-0.1, -0.05) is 20.3 Å². The van der Waals surface area contributed by atoms with Gasteiger partial charge in [0.15, 0.2) is 5.78 Å². The molecule has 0 saturated carbocycles. The Labute approximate surface area is 166 Å². The highest BCUT2D eigenvalue weighted by atomic mass is 16.5. The summed E-state index contributed by atoms with van der Waals surface area (Å²) in [7, 11) is 0. The van der Waals surface area contributed by atoms with Crippen molar-refractivity contribution in [1.29, 1.82) is 0 Å². The van der Waals surface area contributed by atoms with Crippen LogP contribution in [-0.2, 0) is 19.1 Å². The summed E-state index contributed by atoms with van der Waals surface area (Å²) in [6, 6.07) is 0. The Balaban J connectivity index is 2.01. The van der Waals surface area contributed by atoms with Gasteiger partial charge in [-0.2, -0.15) is 0 Å². The Morgan fingerprint density at radius 2 is 2.04 bits per heavy atom. The standard InChI is InChI=1S/C22H32O6/c1-5-6-14-18-10-16(23)12(2)9-17(24)20-13(3)11-22(4,28-20)8-7-15(19(14)25)21(26)27-18/h9,13-14,17-18,20,24-25H,5-8,10-11H2,1-4H3/b12-9+/t13-,14+,17+,18+,20+,22-/m0/s1. The zero-order chi connectivity index (χ0) is 20.6. The van der Waals surface area contributed by atoms with Gasteiger partial charge in [0.25, 0.3) is 0 Å². The number of aliphatic hydroxyl groups is 2. The van der Waals surface area contributed by atoms with Crippen molar-refractivity contribution < 1.29 is 29.3 Å². The molecule has 0 unspecified atom stereocenters. The van der Waals surface area contributed by atoms with Crippen LogP contribution in [0.2, 0.25) is 0 Å². The first-order valence-corrected chi connectivity index (χ1v) is 10.4. The summed E-state index contributed by atoms with van der Waals surface area (Å²) in [6.07, 6.45) is 2.72. The van der Waals surface area contributed by atoms with E-state index in [-0.39, 0.29) is 29.8 Å². The quantitative estimate of drug-likeness (QED) is 0.700. The van der Waals surface area contributed by atoms with Crippen LogP contribution in [0.1, 0.15) is 66.2 Å². The molecule has 156 valence electrons. The molecular weight excluding hydrogens is 360 g/mol. The number of carbonyl (C=O) groups excluding carboxylic acids is 2. The summed E-state index contributed by atoms with van der Waals surface area (Å²) in [5, 5.41) is 21.5. The van der Waals surface area contributed by atoms with Gasteiger partial charge in [-0.25, -0.2) is 4.79 Å². The monoisotopic (exact) mass is 392 g/mol. The predicted molar refractivity (Wildman–Crippen MR) is 104 cm³/mol. The molecule has 6 nitrogen and oxygen atoms in total. The minimum absolute atomic E-state index is 0.00158. The topological polar surface area (TPSA) is 93.1 Å². The summed E-state index contributed by atoms with van der Waals surface area (Å²) in [5.74, 6) is -0.915. The number of rotatable bonds is 2. The van der Waals surface area contributed by atoms with E-state index in [9.17, 15) is 19.8 Å². The van der Waals surface area contributed by atoms with Crippen molar-refractivity contribution in [1.82, 2.24) is 0 Å². The molecule has 0 aliphatic carbocycles. The van der Waals surface area contributed by atoms with E-state index >= 15 is 0 Å². The van der Waals surface area contributed by atoms with Crippen LogP contribution >= 0.6 is 0 Å². The van der Waals surface area contributed by atoms with Gasteiger partial charge in [-0.15, -0.1) is 0 Å². The van der Waals surface area contributed by atoms with Crippen LogP contribution in [0.4, 0.5) is 0 Å². The number of Topliss-reactive ketones (excluding diaryl/α,β-unsaturated/α-hetero) is 1. The number of carbonyl (C=O) groups is 2. The van der Waals surface area contributed by atoms with E-state index in [1.54, 1.807) is 13.0 Å². The Hall–Kier alpha value is -1.66. The van der Waals surface area contributed by atoms with E-state index in [1.165, 1.54) is 0 Å². The molecule has 28 heavy (non-hydrogen) atoms. The van der Waals surface area contributed by atoms with E-state index in [0.29, 0.717) is 30.4 Å². The maximum Gasteiger partial charge on any atom is 0.337 e. The van der Waals surface area contributed by atoms with Crippen molar-refractivity contribution in [2.24, 2.45) is 11.8 Å². The first-order valence-electron chi connectivity index (χ1n) is 10.4. The van der Waals surface area contributed by atoms with Crippen LogP contribution in [0.3, 0.4) is 0 Å². The van der Waals surface area contributed by atoms with Crippen LogP contribution in [-0.4, -0.2) is 45.9 Å². The Bertz CT molecular complexity index is 708. The number of aliphatic hydroxyl groups excluding tert-OH is 2. The Morgan fingerprint density at radius 3 is 2.71 bits per heavy atom. The number of hydrogen-bond donors (Lipinski definition) is 2. The van der Waals surface area contributed by atoms with Gasteiger partial charge in [-0.05, 0) is 57.1 Å². The number of esters is 1. The average molecular weight is 392 g/mol. The first-order chi connectivity index (χ1) is 13.1. The second-order valence-electron chi connectivity index (χ2n) is 8.88. The van der Waals surface area contributed by atoms with Crippen LogP contribution in [0, 0.1) is 11.8 Å². The number of fused-ring (bicyclic) bond motifs is 6. The number of ketones is 1. The van der Waals surface area contributed by atoms with Crippen molar-refractivity contribution in [2.75, 3.05) is 0 Å². The summed E-state index contributed by atoms with van der Waals surface area (Å²) in [6.45, 7) is 7.66. The lowest BCUT2D eigenvalue weighted by Gasteiger charge is -2.33. The van der Waals surface area contributed by atoms with Crippen LogP contribution in [0.25, 0.3) is 0 Å². The molecule has 0 amide bonds. The first kappa shape index (κ1) is 21.1. The molecule has 4 heterocycles. The predicted octanol–water partition coefficient (Wildman–Crippen LogP) is 3.38. The van der Waals surface area contributed by atoms with Crippen molar-refractivity contribution in [2.45, 2.75) is 90.1 Å². The fraction of sp³-hybridized carbons (Fsp3) is 0.727. The number of allylic oxidation sites excluding steroid dienone is 1. The molecule has 4 rings (SSSR count). The fourth-order valence-corrected chi connectivity index (χ4v) is 4.88. The lowest BCUT2D eigenvalue weighted by molar-refractivity contribution is -0.152. The van der Waals surface area contributed by atoms with Gasteiger partial charge in [0, 0.05) is 6.42 Å². The van der Waals surface area contributed by atoms with Gasteiger partial charge in [0.1, 0.15) is 11.9 Å². The lowest BCUT2D eigenvalue weighted by Crippen LogP contribution is -2.38. The molecule has 0 aromatic heterocycles. The van der Waals surface area contributed by atoms with Crippen LogP contribution in [0.5, 0.6) is 0 Å². The van der Waals surface area contributed by atoms with E-state index in [2.05, 4.69) is 0 Å². The maximum atomic E-state index is 12.7. The van der Waals surface area contributed by atoms with Gasteiger partial charge < -0.3 is 19.7 Å². The largest absolute Gasteiger partial charge is 0.511 e. The van der Waals surface area contributed by atoms with Gasteiger partial charge >= 0.3 is 5.97 Å². The van der Waals surface area contributed by atoms with Crippen molar-refractivity contribution >= 4 is 11.8 Å². The minimum atomic E-state index is -0.859. The molecule has 4 bridgehead atoms. The highest BCUT2D eigenvalue weighted by Gasteiger charge is 2.45. The normalized spacial score (nSPS) is 41.5. The molecule has 6 heteroatoms. The Morgan fingerprint density at radius 1 is 1.32 bits per heavy atom. The van der Waals surface area contributed by atoms with E-state index in [1.807, 2.05) is 20.8 Å². The summed E-state index contributed by atoms with van der Waals surface area (Å²) in [4.78, 5) is 25.3. The molecular formula is C22H32O6. The third-order valence-corrected chi connectivity index (χ3v) is 6.44. The molecule has 1 saturated heterocycles. The zero-order valence-corrected chi connectivity index (χ0v) is 17.2. The molecule has 2 N–H and O–H groups in total. The van der Waals surface area contributed by atoms with E-state index < -0.39 is 29.9 Å². The number of hydrogen-bond acceptors (Lipinski definition) is 6. The van der Waals surface area contributed by atoms with Gasteiger partial charge in [0.05, 0.1) is 29.3 Å². The van der Waals surface area contributed by atoms with Crippen molar-refractivity contribution in [3.05, 3.63) is 23.0 Å². The van der Waals surface area contributed by atoms with Gasteiger partial charge in [-0.3, -0.25) is 4.79 Å². The average Bonchev–Trinajstić information content (AvgIpc) is 2.92. The molecule has 0 aromatic carbocycles. The van der Waals surface area contributed by atoms with E-state index in [0.717, 1.165) is 12.8 Å². The van der Waals surface area contributed by atoms with E-state index in [4.69, 9.17) is 9.47 Å².